The molecule has 2 aromatic carbocycles. The number of nitrogens with one attached hydrogen (secondary N) is 1. The summed E-state index contributed by atoms with van der Waals surface area (Å²) in [5.41, 5.74) is 4.69. The van der Waals surface area contributed by atoms with Gasteiger partial charge in [0.15, 0.2) is 0 Å². The molecular weight excluding hydrogens is 398 g/mol. The number of aromatic nitrogens is 4. The second-order valence-corrected chi connectivity index (χ2v) is 7.41. The minimum atomic E-state index is -0.174. The molecule has 6 heteroatoms. The Morgan fingerprint density at radius 2 is 1.75 bits per heavy atom. The van der Waals surface area contributed by atoms with Crippen LogP contribution in [0.1, 0.15) is 16.1 Å². The van der Waals surface area contributed by atoms with Gasteiger partial charge in [0.25, 0.3) is 5.91 Å². The highest BCUT2D eigenvalue weighted by molar-refractivity contribution is 5.99. The van der Waals surface area contributed by atoms with Gasteiger partial charge < -0.3 is 5.32 Å². The Hall–Kier alpha value is -4.32. The molecule has 156 valence electrons. The van der Waals surface area contributed by atoms with Crippen LogP contribution in [0.3, 0.4) is 0 Å². The van der Waals surface area contributed by atoms with Gasteiger partial charge in [0, 0.05) is 48.2 Å². The molecule has 0 saturated carbocycles. The van der Waals surface area contributed by atoms with E-state index in [1.807, 2.05) is 72.8 Å². The zero-order valence-electron chi connectivity index (χ0n) is 17.3. The molecule has 0 fully saturated rings. The second-order valence-electron chi connectivity index (χ2n) is 7.41. The number of amides is 1. The van der Waals surface area contributed by atoms with E-state index in [1.165, 1.54) is 0 Å². The highest BCUT2D eigenvalue weighted by Gasteiger charge is 2.18. The van der Waals surface area contributed by atoms with Gasteiger partial charge in [0.05, 0.1) is 16.8 Å². The molecule has 0 aliphatic carbocycles. The van der Waals surface area contributed by atoms with Crippen LogP contribution >= 0.6 is 0 Å². The Morgan fingerprint density at radius 1 is 0.906 bits per heavy atom. The summed E-state index contributed by atoms with van der Waals surface area (Å²) >= 11 is 0. The van der Waals surface area contributed by atoms with Crippen molar-refractivity contribution in [2.24, 2.45) is 0 Å². The molecule has 0 saturated heterocycles. The number of para-hydroxylation sites is 2. The van der Waals surface area contributed by atoms with E-state index in [4.69, 9.17) is 0 Å². The van der Waals surface area contributed by atoms with Crippen LogP contribution in [0.25, 0.3) is 27.8 Å². The topological polar surface area (TPSA) is 72.7 Å². The van der Waals surface area contributed by atoms with Gasteiger partial charge in [-0.05, 0) is 36.4 Å². The van der Waals surface area contributed by atoms with Gasteiger partial charge in [-0.15, -0.1) is 0 Å². The Morgan fingerprint density at radius 3 is 2.59 bits per heavy atom. The van der Waals surface area contributed by atoms with E-state index in [9.17, 15) is 4.79 Å². The molecule has 5 aromatic rings. The van der Waals surface area contributed by atoms with Crippen molar-refractivity contribution in [3.63, 3.8) is 0 Å². The fraction of sp³-hybridized carbons (Fsp3) is 0.0769. The number of carbonyl (C=O) groups excluding carboxylic acids is 1. The van der Waals surface area contributed by atoms with E-state index >= 15 is 0 Å². The summed E-state index contributed by atoms with van der Waals surface area (Å²) in [6.45, 7) is 0.479. The molecule has 0 aliphatic heterocycles. The van der Waals surface area contributed by atoms with Crippen LogP contribution in [0.15, 0.2) is 97.5 Å². The molecule has 32 heavy (non-hydrogen) atoms. The van der Waals surface area contributed by atoms with Gasteiger partial charge in [0.2, 0.25) is 0 Å². The predicted octanol–water partition coefficient (Wildman–Crippen LogP) is 4.46. The lowest BCUT2D eigenvalue weighted by Crippen LogP contribution is -2.26. The fourth-order valence-corrected chi connectivity index (χ4v) is 3.62. The van der Waals surface area contributed by atoms with Crippen LogP contribution in [0, 0.1) is 0 Å². The van der Waals surface area contributed by atoms with E-state index in [2.05, 4.69) is 26.4 Å². The smallest absolute Gasteiger partial charge is 0.255 e. The van der Waals surface area contributed by atoms with Gasteiger partial charge in [0.1, 0.15) is 5.69 Å². The van der Waals surface area contributed by atoms with Crippen LogP contribution in [-0.2, 0) is 6.42 Å². The first-order valence-electron chi connectivity index (χ1n) is 10.5. The number of hydrogen-bond acceptors (Lipinski definition) is 4. The zero-order valence-corrected chi connectivity index (χ0v) is 17.3. The van der Waals surface area contributed by atoms with Crippen molar-refractivity contribution < 1.29 is 4.79 Å². The van der Waals surface area contributed by atoms with Crippen molar-refractivity contribution in [1.29, 1.82) is 0 Å². The SMILES string of the molecule is O=C(NCCc1ccc2ccccc2n1)c1cn(-c2ccccc2)nc1-c1cccnc1. The quantitative estimate of drug-likeness (QED) is 0.441. The van der Waals surface area contributed by atoms with E-state index in [0.717, 1.165) is 27.8 Å². The molecule has 5 rings (SSSR count). The molecule has 1 amide bonds. The molecule has 0 aliphatic rings. The minimum Gasteiger partial charge on any atom is -0.352 e. The van der Waals surface area contributed by atoms with Crippen molar-refractivity contribution >= 4 is 16.8 Å². The monoisotopic (exact) mass is 419 g/mol. The van der Waals surface area contributed by atoms with Gasteiger partial charge in [-0.1, -0.05) is 42.5 Å². The largest absolute Gasteiger partial charge is 0.352 e. The Balaban J connectivity index is 1.36. The molecule has 3 heterocycles. The molecule has 0 atom stereocenters. The van der Waals surface area contributed by atoms with Crippen LogP contribution < -0.4 is 5.32 Å². The Labute approximate surface area is 185 Å². The van der Waals surface area contributed by atoms with E-state index in [-0.39, 0.29) is 5.91 Å². The van der Waals surface area contributed by atoms with Crippen molar-refractivity contribution in [3.05, 3.63) is 109 Å². The first-order chi connectivity index (χ1) is 15.8. The third-order valence-corrected chi connectivity index (χ3v) is 5.24. The summed E-state index contributed by atoms with van der Waals surface area (Å²) in [4.78, 5) is 21.9. The predicted molar refractivity (Wildman–Crippen MR) is 125 cm³/mol. The lowest BCUT2D eigenvalue weighted by atomic mass is 10.1. The first-order valence-corrected chi connectivity index (χ1v) is 10.5. The van der Waals surface area contributed by atoms with Crippen molar-refractivity contribution in [1.82, 2.24) is 25.1 Å². The lowest BCUT2D eigenvalue weighted by molar-refractivity contribution is 0.0954. The van der Waals surface area contributed by atoms with Gasteiger partial charge in [-0.3, -0.25) is 14.8 Å². The summed E-state index contributed by atoms with van der Waals surface area (Å²) in [6.07, 6.45) is 5.83. The minimum absolute atomic E-state index is 0.174. The van der Waals surface area contributed by atoms with Gasteiger partial charge in [-0.2, -0.15) is 5.10 Å². The molecular formula is C26H21N5O. The lowest BCUT2D eigenvalue weighted by Gasteiger charge is -2.06. The van der Waals surface area contributed by atoms with Crippen LogP contribution in [0.2, 0.25) is 0 Å². The van der Waals surface area contributed by atoms with E-state index < -0.39 is 0 Å². The number of benzene rings is 2. The summed E-state index contributed by atoms with van der Waals surface area (Å²) in [5, 5.41) is 8.80. The highest BCUT2D eigenvalue weighted by Crippen LogP contribution is 2.23. The maximum atomic E-state index is 13.1. The highest BCUT2D eigenvalue weighted by atomic mass is 16.1. The summed E-state index contributed by atoms with van der Waals surface area (Å²) in [7, 11) is 0. The molecule has 0 unspecified atom stereocenters. The number of fused-ring (bicyclic) bond motifs is 1. The standard InChI is InChI=1S/C26H21N5O/c32-26(28-16-14-21-13-12-19-7-4-5-11-24(19)29-21)23-18-31(22-9-2-1-3-10-22)30-25(23)20-8-6-15-27-17-20/h1-13,15,17-18H,14,16H2,(H,28,32). The zero-order chi connectivity index (χ0) is 21.8. The third kappa shape index (κ3) is 4.11. The first kappa shape index (κ1) is 19.6. The molecule has 0 spiro atoms. The average molecular weight is 419 g/mol. The van der Waals surface area contributed by atoms with Gasteiger partial charge in [-0.25, -0.2) is 4.68 Å². The maximum absolute atomic E-state index is 13.1. The Kier molecular flexibility index (Phi) is 5.41. The van der Waals surface area contributed by atoms with Gasteiger partial charge >= 0.3 is 0 Å². The molecule has 3 aromatic heterocycles. The van der Waals surface area contributed by atoms with Crippen molar-refractivity contribution in [2.45, 2.75) is 6.42 Å². The number of hydrogen-bond donors (Lipinski definition) is 1. The number of rotatable bonds is 6. The van der Waals surface area contributed by atoms with Crippen LogP contribution in [0.4, 0.5) is 0 Å². The summed E-state index contributed by atoms with van der Waals surface area (Å²) in [6, 6.07) is 25.5. The second kappa shape index (κ2) is 8.81. The number of nitrogens with zero attached hydrogens (tertiary/aromatic N) is 4. The number of carbonyl (C=O) groups is 1. The van der Waals surface area contributed by atoms with Crippen molar-refractivity contribution in [2.75, 3.05) is 6.54 Å². The summed E-state index contributed by atoms with van der Waals surface area (Å²) in [5.74, 6) is -0.174. The molecule has 6 nitrogen and oxygen atoms in total. The molecule has 1 N–H and O–H groups in total. The van der Waals surface area contributed by atoms with Crippen LogP contribution in [0.5, 0.6) is 0 Å². The number of pyridine rings is 2. The third-order valence-electron chi connectivity index (χ3n) is 5.24. The van der Waals surface area contributed by atoms with Crippen molar-refractivity contribution in [3.8, 4) is 16.9 Å². The fourth-order valence-electron chi connectivity index (χ4n) is 3.62. The van der Waals surface area contributed by atoms with Crippen LogP contribution in [-0.4, -0.2) is 32.2 Å². The Bertz CT molecular complexity index is 1360. The summed E-state index contributed by atoms with van der Waals surface area (Å²) < 4.78 is 1.72. The average Bonchev–Trinajstić information content (AvgIpc) is 3.31. The molecule has 0 radical (unpaired) electrons. The maximum Gasteiger partial charge on any atom is 0.255 e. The molecule has 0 bridgehead atoms. The normalized spacial score (nSPS) is 10.9. The van der Waals surface area contributed by atoms with E-state index in [0.29, 0.717) is 24.2 Å². The van der Waals surface area contributed by atoms with E-state index in [1.54, 1.807) is 23.3 Å².